The second-order valence-electron chi connectivity index (χ2n) is 5.85. The molecule has 2 heterocycles. The second kappa shape index (κ2) is 8.54. The van der Waals surface area contributed by atoms with Crippen molar-refractivity contribution in [3.8, 4) is 5.75 Å². The molecule has 1 aliphatic heterocycles. The maximum atomic E-state index is 14.8. The number of hydrazine groups is 2. The van der Waals surface area contributed by atoms with Crippen LogP contribution in [-0.4, -0.2) is 43.7 Å². The van der Waals surface area contributed by atoms with Gasteiger partial charge in [-0.2, -0.15) is 18.2 Å². The summed E-state index contributed by atoms with van der Waals surface area (Å²) >= 11 is 0. The summed E-state index contributed by atoms with van der Waals surface area (Å²) in [5, 5.41) is 10.3. The highest BCUT2D eigenvalue weighted by Gasteiger charge is 2.35. The summed E-state index contributed by atoms with van der Waals surface area (Å²) in [6, 6.07) is 2.46. The normalized spacial score (nSPS) is 13.7. The molecule has 1 aliphatic rings. The molecule has 1 aromatic heterocycles. The van der Waals surface area contributed by atoms with Gasteiger partial charge < -0.3 is 20.1 Å². The van der Waals surface area contributed by atoms with Crippen molar-refractivity contribution in [1.82, 2.24) is 21.0 Å². The first-order chi connectivity index (χ1) is 14.3. The zero-order valence-electron chi connectivity index (χ0n) is 16.1. The number of methoxy groups -OCH3 is 2. The van der Waals surface area contributed by atoms with Gasteiger partial charge in [-0.25, -0.2) is 19.9 Å². The predicted octanol–water partition coefficient (Wildman–Crippen LogP) is 2.22. The zero-order chi connectivity index (χ0) is 21.9. The lowest BCUT2D eigenvalue weighted by molar-refractivity contribution is -0.137. The van der Waals surface area contributed by atoms with Crippen molar-refractivity contribution in [2.45, 2.75) is 6.18 Å². The van der Waals surface area contributed by atoms with Gasteiger partial charge in [-0.15, -0.1) is 10.6 Å². The van der Waals surface area contributed by atoms with Gasteiger partial charge in [0.05, 0.1) is 12.8 Å². The number of hydrogen-bond acceptors (Lipinski definition) is 10. The number of halogens is 4. The highest BCUT2D eigenvalue weighted by atomic mass is 19.4. The lowest BCUT2D eigenvalue weighted by atomic mass is 10.2. The van der Waals surface area contributed by atoms with Crippen LogP contribution >= 0.6 is 0 Å². The fraction of sp³-hybridized carbons (Fsp3) is 0.312. The topological polar surface area (TPSA) is 108 Å². The molecule has 0 aliphatic carbocycles. The van der Waals surface area contributed by atoms with Crippen LogP contribution in [0.5, 0.6) is 5.75 Å². The number of hydrazone groups is 1. The van der Waals surface area contributed by atoms with E-state index in [4.69, 9.17) is 9.47 Å². The van der Waals surface area contributed by atoms with E-state index in [1.54, 1.807) is 0 Å². The fourth-order valence-corrected chi connectivity index (χ4v) is 2.62. The van der Waals surface area contributed by atoms with Gasteiger partial charge in [0, 0.05) is 32.5 Å². The highest BCUT2D eigenvalue weighted by molar-refractivity contribution is 5.99. The molecule has 0 bridgehead atoms. The summed E-state index contributed by atoms with van der Waals surface area (Å²) in [4.78, 5) is 7.46. The van der Waals surface area contributed by atoms with Crippen molar-refractivity contribution >= 4 is 29.0 Å². The number of aromatic nitrogens is 2. The maximum absolute atomic E-state index is 14.8. The fourth-order valence-electron chi connectivity index (χ4n) is 2.62. The number of ether oxygens (including phenoxy) is 2. The first-order valence-electron chi connectivity index (χ1n) is 8.41. The maximum Gasteiger partial charge on any atom is 0.421 e. The van der Waals surface area contributed by atoms with Gasteiger partial charge in [0.1, 0.15) is 29.4 Å². The third-order valence-corrected chi connectivity index (χ3v) is 3.97. The van der Waals surface area contributed by atoms with E-state index in [2.05, 4.69) is 36.8 Å². The standard InChI is InChI=1S/C16H18F4N8O2/c1-21-14-8(16(18,19)20)6-22-15(24-14)23-10-4-9(17)11(5-12(10)30-3)28-13(7-29-2)25-26-27-28/h4-6,26-27H,7H2,1-3H3,(H2,21,22,23,24). The molecule has 0 atom stereocenters. The summed E-state index contributed by atoms with van der Waals surface area (Å²) in [6.45, 7) is 0.105. The summed E-state index contributed by atoms with van der Waals surface area (Å²) < 4.78 is 64.1. The minimum atomic E-state index is -4.62. The molecular formula is C16H18F4N8O2. The molecule has 4 N–H and O–H groups in total. The molecular weight excluding hydrogens is 412 g/mol. The molecule has 10 nitrogen and oxygen atoms in total. The Hall–Kier alpha value is -3.39. The van der Waals surface area contributed by atoms with Crippen LogP contribution in [0.15, 0.2) is 23.4 Å². The summed E-state index contributed by atoms with van der Waals surface area (Å²) in [5.74, 6) is -0.737. The van der Waals surface area contributed by atoms with Crippen LogP contribution in [0.25, 0.3) is 0 Å². The Kier molecular flexibility index (Phi) is 6.07. The van der Waals surface area contributed by atoms with Crippen LogP contribution in [0.1, 0.15) is 5.56 Å². The number of nitrogens with one attached hydrogen (secondary N) is 4. The lowest BCUT2D eigenvalue weighted by Crippen LogP contribution is -2.43. The Balaban J connectivity index is 1.92. The van der Waals surface area contributed by atoms with Crippen LogP contribution in [0, 0.1) is 5.82 Å². The van der Waals surface area contributed by atoms with Crippen molar-refractivity contribution in [1.29, 1.82) is 0 Å². The predicted molar refractivity (Wildman–Crippen MR) is 101 cm³/mol. The monoisotopic (exact) mass is 430 g/mol. The Labute approximate surface area is 168 Å². The van der Waals surface area contributed by atoms with E-state index in [0.717, 1.165) is 6.07 Å². The first-order valence-corrected chi connectivity index (χ1v) is 8.41. The van der Waals surface area contributed by atoms with Gasteiger partial charge >= 0.3 is 6.18 Å². The molecule has 0 saturated heterocycles. The molecule has 0 spiro atoms. The van der Waals surface area contributed by atoms with Crippen LogP contribution in [-0.2, 0) is 10.9 Å². The number of anilines is 4. The van der Waals surface area contributed by atoms with E-state index in [9.17, 15) is 17.6 Å². The van der Waals surface area contributed by atoms with E-state index >= 15 is 0 Å². The Bertz CT molecular complexity index is 954. The van der Waals surface area contributed by atoms with Crippen molar-refractivity contribution in [2.75, 3.05) is 43.5 Å². The molecule has 162 valence electrons. The molecule has 0 unspecified atom stereocenters. The van der Waals surface area contributed by atoms with Gasteiger partial charge in [-0.05, 0) is 0 Å². The Morgan fingerprint density at radius 2 is 2.00 bits per heavy atom. The van der Waals surface area contributed by atoms with Gasteiger partial charge in [0.15, 0.2) is 11.7 Å². The Morgan fingerprint density at radius 3 is 2.63 bits per heavy atom. The van der Waals surface area contributed by atoms with Crippen molar-refractivity contribution < 1.29 is 27.0 Å². The average Bonchev–Trinajstić information content (AvgIpc) is 3.15. The third-order valence-electron chi connectivity index (χ3n) is 3.97. The van der Waals surface area contributed by atoms with Crippen molar-refractivity contribution in [3.63, 3.8) is 0 Å². The van der Waals surface area contributed by atoms with E-state index in [0.29, 0.717) is 12.0 Å². The molecule has 3 rings (SSSR count). The zero-order valence-corrected chi connectivity index (χ0v) is 16.1. The molecule has 2 aromatic rings. The number of rotatable bonds is 7. The summed E-state index contributed by atoms with van der Waals surface area (Å²) in [6.07, 6.45) is -3.99. The molecule has 0 radical (unpaired) electrons. The molecule has 1 aromatic carbocycles. The van der Waals surface area contributed by atoms with Gasteiger partial charge in [-0.1, -0.05) is 0 Å². The number of benzene rings is 1. The van der Waals surface area contributed by atoms with Gasteiger partial charge in [-0.3, -0.25) is 0 Å². The largest absolute Gasteiger partial charge is 0.494 e. The highest BCUT2D eigenvalue weighted by Crippen LogP contribution is 2.36. The molecule has 0 saturated carbocycles. The third kappa shape index (κ3) is 4.28. The molecule has 0 fully saturated rings. The van der Waals surface area contributed by atoms with E-state index in [1.807, 2.05) is 0 Å². The lowest BCUT2D eigenvalue weighted by Gasteiger charge is -2.21. The average molecular weight is 430 g/mol. The van der Waals surface area contributed by atoms with Crippen molar-refractivity contribution in [2.24, 2.45) is 5.10 Å². The first kappa shape index (κ1) is 21.3. The Morgan fingerprint density at radius 1 is 1.23 bits per heavy atom. The summed E-state index contributed by atoms with van der Waals surface area (Å²) in [5.41, 5.74) is 4.30. The number of alkyl halides is 3. The minimum absolute atomic E-state index is 0.0717. The van der Waals surface area contributed by atoms with Crippen molar-refractivity contribution in [3.05, 3.63) is 29.7 Å². The molecule has 0 amide bonds. The quantitative estimate of drug-likeness (QED) is 0.492. The summed E-state index contributed by atoms with van der Waals surface area (Å²) in [7, 11) is 4.12. The molecule has 14 heteroatoms. The number of amidine groups is 1. The van der Waals surface area contributed by atoms with Crippen LogP contribution in [0.2, 0.25) is 0 Å². The van der Waals surface area contributed by atoms with E-state index < -0.39 is 23.4 Å². The van der Waals surface area contributed by atoms with Gasteiger partial charge in [0.25, 0.3) is 0 Å². The number of nitrogens with zero attached hydrogens (tertiary/aromatic N) is 4. The van der Waals surface area contributed by atoms with Crippen LogP contribution < -0.4 is 31.4 Å². The smallest absolute Gasteiger partial charge is 0.421 e. The SMILES string of the molecule is CNc1nc(Nc2cc(F)c(N3NNN=C3COC)cc2OC)ncc1C(F)(F)F. The second-order valence-corrected chi connectivity index (χ2v) is 5.85. The van der Waals surface area contributed by atoms with E-state index in [1.165, 1.54) is 32.3 Å². The van der Waals surface area contributed by atoms with Gasteiger partial charge in [0.2, 0.25) is 5.95 Å². The van der Waals surface area contributed by atoms with Crippen LogP contribution in [0.3, 0.4) is 0 Å². The minimum Gasteiger partial charge on any atom is -0.494 e. The van der Waals surface area contributed by atoms with E-state index in [-0.39, 0.29) is 29.7 Å². The molecule has 30 heavy (non-hydrogen) atoms. The number of hydrogen-bond donors (Lipinski definition) is 4. The van der Waals surface area contributed by atoms with Crippen LogP contribution in [0.4, 0.5) is 40.7 Å².